The van der Waals surface area contributed by atoms with Gasteiger partial charge in [0.1, 0.15) is 11.6 Å². The van der Waals surface area contributed by atoms with Crippen LogP contribution >= 0.6 is 0 Å². The molecule has 3 amide bonds. The minimum Gasteiger partial charge on any atom is -0.444 e. The number of benzene rings is 1. The number of anilines is 2. The van der Waals surface area contributed by atoms with E-state index in [9.17, 15) is 14.4 Å². The zero-order chi connectivity index (χ0) is 18.6. The van der Waals surface area contributed by atoms with Crippen molar-refractivity contribution >= 4 is 29.3 Å². The highest BCUT2D eigenvalue weighted by molar-refractivity contribution is 5.97. The molecule has 7 nitrogen and oxygen atoms in total. The lowest BCUT2D eigenvalue weighted by Gasteiger charge is -2.28. The van der Waals surface area contributed by atoms with E-state index < -0.39 is 17.7 Å². The molecule has 1 atom stereocenters. The minimum absolute atomic E-state index is 0.157. The zero-order valence-corrected chi connectivity index (χ0v) is 15.1. The Balaban J connectivity index is 1.99. The third-order valence-electron chi connectivity index (χ3n) is 3.66. The number of hydrogen-bond donors (Lipinski definition) is 2. The Morgan fingerprint density at radius 2 is 1.64 bits per heavy atom. The van der Waals surface area contributed by atoms with Crippen LogP contribution in [0.2, 0.25) is 0 Å². The molecule has 7 heteroatoms. The van der Waals surface area contributed by atoms with Crippen molar-refractivity contribution in [3.63, 3.8) is 0 Å². The van der Waals surface area contributed by atoms with Crippen LogP contribution in [0.5, 0.6) is 0 Å². The first-order chi connectivity index (χ1) is 11.7. The molecule has 0 saturated carbocycles. The maximum absolute atomic E-state index is 12.5. The second kappa shape index (κ2) is 7.55. The largest absolute Gasteiger partial charge is 0.444 e. The molecule has 1 heterocycles. The molecule has 0 aromatic heterocycles. The van der Waals surface area contributed by atoms with E-state index >= 15 is 0 Å². The van der Waals surface area contributed by atoms with Gasteiger partial charge in [-0.1, -0.05) is 0 Å². The molecule has 1 aromatic carbocycles. The molecule has 2 rings (SSSR count). The van der Waals surface area contributed by atoms with E-state index in [0.717, 1.165) is 6.42 Å². The van der Waals surface area contributed by atoms with Gasteiger partial charge in [-0.05, 0) is 57.9 Å². The number of carbonyl (C=O) groups excluding carboxylic acids is 3. The van der Waals surface area contributed by atoms with Crippen molar-refractivity contribution in [2.75, 3.05) is 17.2 Å². The number of carbonyl (C=O) groups is 3. The molecule has 1 aromatic rings. The lowest BCUT2D eigenvalue weighted by Crippen LogP contribution is -2.45. The number of nitrogens with one attached hydrogen (secondary N) is 2. The van der Waals surface area contributed by atoms with Gasteiger partial charge in [0.05, 0.1) is 0 Å². The Kier molecular flexibility index (Phi) is 5.66. The molecule has 0 bridgehead atoms. The lowest BCUT2D eigenvalue weighted by atomic mass is 10.2. The monoisotopic (exact) mass is 347 g/mol. The molecule has 1 aliphatic rings. The number of amides is 3. The molecule has 2 N–H and O–H groups in total. The quantitative estimate of drug-likeness (QED) is 0.880. The predicted molar refractivity (Wildman–Crippen MR) is 95.3 cm³/mol. The molecule has 1 saturated heterocycles. The maximum Gasteiger partial charge on any atom is 0.410 e. The Bertz CT molecular complexity index is 649. The van der Waals surface area contributed by atoms with Crippen molar-refractivity contribution < 1.29 is 19.1 Å². The van der Waals surface area contributed by atoms with Crippen LogP contribution in [-0.4, -0.2) is 41.0 Å². The van der Waals surface area contributed by atoms with Crippen molar-refractivity contribution in [1.29, 1.82) is 0 Å². The summed E-state index contributed by atoms with van der Waals surface area (Å²) in [4.78, 5) is 37.3. The fourth-order valence-corrected chi connectivity index (χ4v) is 2.64. The van der Waals surface area contributed by atoms with E-state index in [0.29, 0.717) is 24.3 Å². The SMILES string of the molecule is CC(=O)Nc1ccc(NC(=O)C2CCCN2C(=O)OC(C)(C)C)cc1. The van der Waals surface area contributed by atoms with Gasteiger partial charge >= 0.3 is 6.09 Å². The van der Waals surface area contributed by atoms with Crippen molar-refractivity contribution in [1.82, 2.24) is 4.90 Å². The summed E-state index contributed by atoms with van der Waals surface area (Å²) >= 11 is 0. The first kappa shape index (κ1) is 18.8. The third kappa shape index (κ3) is 5.48. The Morgan fingerprint density at radius 3 is 2.16 bits per heavy atom. The Morgan fingerprint density at radius 1 is 1.08 bits per heavy atom. The van der Waals surface area contributed by atoms with Gasteiger partial charge in [-0.25, -0.2) is 4.79 Å². The molecule has 1 aliphatic heterocycles. The molecule has 1 unspecified atom stereocenters. The zero-order valence-electron chi connectivity index (χ0n) is 15.1. The number of ether oxygens (including phenoxy) is 1. The van der Waals surface area contributed by atoms with Crippen LogP contribution in [0.4, 0.5) is 16.2 Å². The number of hydrogen-bond acceptors (Lipinski definition) is 4. The summed E-state index contributed by atoms with van der Waals surface area (Å²) in [5, 5.41) is 5.47. The van der Waals surface area contributed by atoms with E-state index in [1.807, 2.05) is 0 Å². The van der Waals surface area contributed by atoms with Gasteiger partial charge in [0.25, 0.3) is 0 Å². The van der Waals surface area contributed by atoms with Crippen LogP contribution in [0, 0.1) is 0 Å². The molecule has 0 spiro atoms. The topological polar surface area (TPSA) is 87.7 Å². The molecule has 0 aliphatic carbocycles. The third-order valence-corrected chi connectivity index (χ3v) is 3.66. The van der Waals surface area contributed by atoms with E-state index in [2.05, 4.69) is 10.6 Å². The first-order valence-corrected chi connectivity index (χ1v) is 8.34. The summed E-state index contributed by atoms with van der Waals surface area (Å²) in [7, 11) is 0. The number of rotatable bonds is 3. The maximum atomic E-state index is 12.5. The van der Waals surface area contributed by atoms with E-state index in [1.165, 1.54) is 11.8 Å². The summed E-state index contributed by atoms with van der Waals surface area (Å²) < 4.78 is 5.37. The normalized spacial score (nSPS) is 17.1. The van der Waals surface area contributed by atoms with Crippen LogP contribution < -0.4 is 10.6 Å². The summed E-state index contributed by atoms with van der Waals surface area (Å²) in [6.45, 7) is 7.33. The van der Waals surface area contributed by atoms with Crippen molar-refractivity contribution in [2.24, 2.45) is 0 Å². The summed E-state index contributed by atoms with van der Waals surface area (Å²) in [6, 6.07) is 6.28. The van der Waals surface area contributed by atoms with Crippen LogP contribution in [0.1, 0.15) is 40.5 Å². The van der Waals surface area contributed by atoms with Gasteiger partial charge in [0, 0.05) is 24.8 Å². The molecule has 1 fully saturated rings. The van der Waals surface area contributed by atoms with Crippen molar-refractivity contribution in [2.45, 2.75) is 52.2 Å². The molecular weight excluding hydrogens is 322 g/mol. The highest BCUT2D eigenvalue weighted by Gasteiger charge is 2.36. The fourth-order valence-electron chi connectivity index (χ4n) is 2.64. The number of likely N-dealkylation sites (tertiary alicyclic amines) is 1. The summed E-state index contributed by atoms with van der Waals surface area (Å²) in [5.41, 5.74) is 0.664. The smallest absolute Gasteiger partial charge is 0.410 e. The lowest BCUT2D eigenvalue weighted by molar-refractivity contribution is -0.120. The van der Waals surface area contributed by atoms with Gasteiger partial charge in [0.15, 0.2) is 0 Å². The number of nitrogens with zero attached hydrogens (tertiary/aromatic N) is 1. The van der Waals surface area contributed by atoms with Gasteiger partial charge in [-0.15, -0.1) is 0 Å². The molecule has 136 valence electrons. The summed E-state index contributed by atoms with van der Waals surface area (Å²) in [5.74, 6) is -0.397. The summed E-state index contributed by atoms with van der Waals surface area (Å²) in [6.07, 6.45) is 0.902. The second-order valence-electron chi connectivity index (χ2n) is 7.08. The highest BCUT2D eigenvalue weighted by atomic mass is 16.6. The van der Waals surface area contributed by atoms with E-state index in [-0.39, 0.29) is 11.8 Å². The minimum atomic E-state index is -0.597. The van der Waals surface area contributed by atoms with Gasteiger partial charge in [-0.2, -0.15) is 0 Å². The Labute approximate surface area is 147 Å². The van der Waals surface area contributed by atoms with Gasteiger partial charge < -0.3 is 15.4 Å². The highest BCUT2D eigenvalue weighted by Crippen LogP contribution is 2.22. The average molecular weight is 347 g/mol. The van der Waals surface area contributed by atoms with Crippen LogP contribution in [0.15, 0.2) is 24.3 Å². The first-order valence-electron chi connectivity index (χ1n) is 8.34. The fraction of sp³-hybridized carbons (Fsp3) is 0.500. The average Bonchev–Trinajstić information content (AvgIpc) is 2.96. The Hall–Kier alpha value is -2.57. The van der Waals surface area contributed by atoms with Crippen molar-refractivity contribution in [3.8, 4) is 0 Å². The van der Waals surface area contributed by atoms with Crippen LogP contribution in [-0.2, 0) is 14.3 Å². The van der Waals surface area contributed by atoms with Gasteiger partial charge in [0.2, 0.25) is 11.8 Å². The molecule has 25 heavy (non-hydrogen) atoms. The van der Waals surface area contributed by atoms with Gasteiger partial charge in [-0.3, -0.25) is 14.5 Å². The standard InChI is InChI=1S/C18H25N3O4/c1-12(22)19-13-7-9-14(10-8-13)20-16(23)15-6-5-11-21(15)17(24)25-18(2,3)4/h7-10,15H,5-6,11H2,1-4H3,(H,19,22)(H,20,23). The van der Waals surface area contributed by atoms with Crippen molar-refractivity contribution in [3.05, 3.63) is 24.3 Å². The molecular formula is C18H25N3O4. The second-order valence-corrected chi connectivity index (χ2v) is 7.08. The van der Waals surface area contributed by atoms with E-state index in [4.69, 9.17) is 4.74 Å². The van der Waals surface area contributed by atoms with Crippen LogP contribution in [0.25, 0.3) is 0 Å². The van der Waals surface area contributed by atoms with Crippen LogP contribution in [0.3, 0.4) is 0 Å². The van der Waals surface area contributed by atoms with E-state index in [1.54, 1.807) is 45.0 Å². The predicted octanol–water partition coefficient (Wildman–Crippen LogP) is 2.98. The molecule has 0 radical (unpaired) electrons.